The van der Waals surface area contributed by atoms with Gasteiger partial charge in [0, 0.05) is 6.42 Å². The minimum Gasteiger partial charge on any atom is -0.389 e. The molecule has 0 spiro atoms. The Morgan fingerprint density at radius 1 is 1.14 bits per heavy atom. The van der Waals surface area contributed by atoms with E-state index in [2.05, 4.69) is 13.2 Å². The van der Waals surface area contributed by atoms with Gasteiger partial charge in [-0.3, -0.25) is 0 Å². The summed E-state index contributed by atoms with van der Waals surface area (Å²) in [5, 5.41) is 10.1. The lowest BCUT2D eigenvalue weighted by atomic mass is 9.89. The molecule has 0 atom stereocenters. The Labute approximate surface area is 86.3 Å². The van der Waals surface area contributed by atoms with Crippen molar-refractivity contribution in [2.24, 2.45) is 0 Å². The topological polar surface area (TPSA) is 37.3 Å². The van der Waals surface area contributed by atoms with Crippen LogP contribution in [0.3, 0.4) is 0 Å². The average Bonchev–Trinajstić information content (AvgIpc) is 2.13. The van der Waals surface area contributed by atoms with Gasteiger partial charge in [-0.15, -0.1) is 13.2 Å². The molecule has 0 saturated heterocycles. The van der Waals surface area contributed by atoms with Crippen LogP contribution in [0.5, 0.6) is 0 Å². The number of rotatable bonds is 9. The fourth-order valence-electron chi connectivity index (χ4n) is 1.51. The third-order valence-electron chi connectivity index (χ3n) is 2.26. The van der Waals surface area contributed by atoms with E-state index in [1.165, 1.54) is 0 Å². The molecule has 0 aliphatic carbocycles. The van der Waals surface area contributed by atoms with Crippen molar-refractivity contribution in [2.75, 3.05) is 0 Å². The van der Waals surface area contributed by atoms with Crippen LogP contribution in [0.15, 0.2) is 25.3 Å². The van der Waals surface area contributed by atoms with Crippen molar-refractivity contribution >= 4 is 6.29 Å². The van der Waals surface area contributed by atoms with Gasteiger partial charge in [-0.2, -0.15) is 0 Å². The maximum absolute atomic E-state index is 10.1. The number of hydrogen-bond donors (Lipinski definition) is 1. The van der Waals surface area contributed by atoms with Gasteiger partial charge >= 0.3 is 0 Å². The highest BCUT2D eigenvalue weighted by atomic mass is 16.3. The molecule has 0 radical (unpaired) electrons. The quantitative estimate of drug-likeness (QED) is 0.349. The standard InChI is InChI=1S/C12H20O2/c1-3-8-12(14,9-4-2)10-6-5-7-11-13/h3-4,11,14H,1-2,5-10H2. The second kappa shape index (κ2) is 7.51. The molecule has 0 saturated carbocycles. The Morgan fingerprint density at radius 3 is 2.14 bits per heavy atom. The van der Waals surface area contributed by atoms with E-state index in [0.29, 0.717) is 25.7 Å². The first kappa shape index (κ1) is 13.1. The summed E-state index contributed by atoms with van der Waals surface area (Å²) >= 11 is 0. The van der Waals surface area contributed by atoms with Gasteiger partial charge in [-0.05, 0) is 25.7 Å². The van der Waals surface area contributed by atoms with Crippen molar-refractivity contribution in [1.82, 2.24) is 0 Å². The van der Waals surface area contributed by atoms with E-state index in [1.807, 2.05) is 0 Å². The van der Waals surface area contributed by atoms with Gasteiger partial charge in [-0.25, -0.2) is 0 Å². The summed E-state index contributed by atoms with van der Waals surface area (Å²) in [5.74, 6) is 0. The molecule has 0 heterocycles. The van der Waals surface area contributed by atoms with Crippen molar-refractivity contribution < 1.29 is 9.90 Å². The lowest BCUT2D eigenvalue weighted by molar-refractivity contribution is -0.108. The first-order valence-corrected chi connectivity index (χ1v) is 5.06. The van der Waals surface area contributed by atoms with E-state index in [-0.39, 0.29) is 0 Å². The van der Waals surface area contributed by atoms with Crippen LogP contribution in [-0.4, -0.2) is 17.0 Å². The Kier molecular flexibility index (Phi) is 7.03. The average molecular weight is 196 g/mol. The predicted molar refractivity (Wildman–Crippen MR) is 59.1 cm³/mol. The zero-order chi connectivity index (χ0) is 10.9. The highest BCUT2D eigenvalue weighted by molar-refractivity contribution is 5.48. The minimum absolute atomic E-state index is 0.582. The minimum atomic E-state index is -0.702. The molecular weight excluding hydrogens is 176 g/mol. The van der Waals surface area contributed by atoms with Crippen LogP contribution in [0, 0.1) is 0 Å². The van der Waals surface area contributed by atoms with Gasteiger partial charge in [-0.1, -0.05) is 18.6 Å². The van der Waals surface area contributed by atoms with Gasteiger partial charge in [0.15, 0.2) is 0 Å². The van der Waals surface area contributed by atoms with Crippen LogP contribution >= 0.6 is 0 Å². The maximum Gasteiger partial charge on any atom is 0.119 e. The fraction of sp³-hybridized carbons (Fsp3) is 0.583. The van der Waals surface area contributed by atoms with Gasteiger partial charge in [0.25, 0.3) is 0 Å². The maximum atomic E-state index is 10.1. The van der Waals surface area contributed by atoms with Crippen LogP contribution in [0.2, 0.25) is 0 Å². The third-order valence-corrected chi connectivity index (χ3v) is 2.26. The monoisotopic (exact) mass is 196 g/mol. The Bertz CT molecular complexity index is 175. The van der Waals surface area contributed by atoms with Crippen LogP contribution in [-0.2, 0) is 4.79 Å². The smallest absolute Gasteiger partial charge is 0.119 e. The second-order valence-electron chi connectivity index (χ2n) is 3.62. The van der Waals surface area contributed by atoms with Crippen LogP contribution in [0.4, 0.5) is 0 Å². The SMILES string of the molecule is C=CCC(O)(CC=C)CCCCC=O. The first-order chi connectivity index (χ1) is 6.68. The van der Waals surface area contributed by atoms with E-state index >= 15 is 0 Å². The number of aldehydes is 1. The van der Waals surface area contributed by atoms with E-state index in [9.17, 15) is 9.90 Å². The summed E-state index contributed by atoms with van der Waals surface area (Å²) in [6.45, 7) is 7.24. The second-order valence-corrected chi connectivity index (χ2v) is 3.62. The fourth-order valence-corrected chi connectivity index (χ4v) is 1.51. The van der Waals surface area contributed by atoms with E-state index < -0.39 is 5.60 Å². The van der Waals surface area contributed by atoms with Crippen LogP contribution in [0.1, 0.15) is 38.5 Å². The van der Waals surface area contributed by atoms with Crippen LogP contribution in [0.25, 0.3) is 0 Å². The number of carbonyl (C=O) groups is 1. The molecule has 0 aliphatic rings. The van der Waals surface area contributed by atoms with E-state index in [0.717, 1.165) is 19.1 Å². The highest BCUT2D eigenvalue weighted by Gasteiger charge is 2.22. The van der Waals surface area contributed by atoms with Gasteiger partial charge in [0.1, 0.15) is 6.29 Å². The molecule has 0 rings (SSSR count). The molecule has 0 amide bonds. The molecule has 0 aromatic carbocycles. The van der Waals surface area contributed by atoms with Gasteiger partial charge in [0.05, 0.1) is 5.60 Å². The summed E-state index contributed by atoms with van der Waals surface area (Å²) < 4.78 is 0. The lowest BCUT2D eigenvalue weighted by Gasteiger charge is -2.25. The molecule has 0 bridgehead atoms. The van der Waals surface area contributed by atoms with E-state index in [1.54, 1.807) is 12.2 Å². The summed E-state index contributed by atoms with van der Waals surface area (Å²) in [5.41, 5.74) is -0.702. The van der Waals surface area contributed by atoms with Crippen molar-refractivity contribution in [2.45, 2.75) is 44.1 Å². The van der Waals surface area contributed by atoms with Crippen molar-refractivity contribution in [3.8, 4) is 0 Å². The zero-order valence-corrected chi connectivity index (χ0v) is 8.74. The molecule has 1 N–H and O–H groups in total. The van der Waals surface area contributed by atoms with Crippen molar-refractivity contribution in [1.29, 1.82) is 0 Å². The van der Waals surface area contributed by atoms with Gasteiger partial charge in [0.2, 0.25) is 0 Å². The summed E-state index contributed by atoms with van der Waals surface area (Å²) in [7, 11) is 0. The van der Waals surface area contributed by atoms with Crippen LogP contribution < -0.4 is 0 Å². The summed E-state index contributed by atoms with van der Waals surface area (Å²) in [6.07, 6.45) is 8.54. The molecule has 0 aliphatic heterocycles. The largest absolute Gasteiger partial charge is 0.389 e. The highest BCUT2D eigenvalue weighted by Crippen LogP contribution is 2.23. The number of aliphatic hydroxyl groups is 1. The third kappa shape index (κ3) is 5.70. The molecule has 14 heavy (non-hydrogen) atoms. The number of unbranched alkanes of at least 4 members (excludes halogenated alkanes) is 2. The molecule has 80 valence electrons. The van der Waals surface area contributed by atoms with Crippen molar-refractivity contribution in [3.05, 3.63) is 25.3 Å². The Morgan fingerprint density at radius 2 is 1.71 bits per heavy atom. The number of hydrogen-bond acceptors (Lipinski definition) is 2. The summed E-state index contributed by atoms with van der Waals surface area (Å²) in [6, 6.07) is 0. The molecule has 0 aromatic heterocycles. The summed E-state index contributed by atoms with van der Waals surface area (Å²) in [4.78, 5) is 10.1. The Balaban J connectivity index is 3.87. The number of carbonyl (C=O) groups excluding carboxylic acids is 1. The normalized spacial score (nSPS) is 10.9. The molecule has 2 heteroatoms. The molecule has 0 fully saturated rings. The lowest BCUT2D eigenvalue weighted by Crippen LogP contribution is -2.26. The molecule has 0 unspecified atom stereocenters. The zero-order valence-electron chi connectivity index (χ0n) is 8.74. The van der Waals surface area contributed by atoms with E-state index in [4.69, 9.17) is 0 Å². The first-order valence-electron chi connectivity index (χ1n) is 5.06. The van der Waals surface area contributed by atoms with Gasteiger partial charge < -0.3 is 9.90 Å². The molecule has 0 aromatic rings. The molecule has 2 nitrogen and oxygen atoms in total. The Hall–Kier alpha value is -0.890. The van der Waals surface area contributed by atoms with Crippen molar-refractivity contribution in [3.63, 3.8) is 0 Å². The predicted octanol–water partition coefficient (Wildman–Crippen LogP) is 2.63. The molecular formula is C12H20O2.